The zero-order chi connectivity index (χ0) is 15.1. The van der Waals surface area contributed by atoms with Gasteiger partial charge in [-0.25, -0.2) is 14.5 Å². The van der Waals surface area contributed by atoms with E-state index in [-0.39, 0.29) is 5.56 Å². The normalized spacial score (nSPS) is 11.0. The average Bonchev–Trinajstić information content (AvgIpc) is 2.76. The van der Waals surface area contributed by atoms with Crippen LogP contribution < -0.4 is 0 Å². The molecule has 3 rings (SSSR count). The van der Waals surface area contributed by atoms with Crippen molar-refractivity contribution in [2.45, 2.75) is 20.8 Å². The van der Waals surface area contributed by atoms with Gasteiger partial charge in [-0.15, -0.1) is 0 Å². The fourth-order valence-corrected chi connectivity index (χ4v) is 2.35. The molecule has 21 heavy (non-hydrogen) atoms. The van der Waals surface area contributed by atoms with Crippen molar-refractivity contribution in [2.24, 2.45) is 0 Å². The Morgan fingerprint density at radius 3 is 2.57 bits per heavy atom. The molecule has 3 aromatic rings. The van der Waals surface area contributed by atoms with E-state index in [4.69, 9.17) is 0 Å². The molecule has 3 aromatic heterocycles. The minimum Gasteiger partial charge on any atom is -0.478 e. The maximum Gasteiger partial charge on any atom is 0.336 e. The molecular weight excluding hydrogens is 268 g/mol. The second-order valence-electron chi connectivity index (χ2n) is 4.97. The van der Waals surface area contributed by atoms with Gasteiger partial charge in [0.15, 0.2) is 5.65 Å². The first-order valence-electron chi connectivity index (χ1n) is 6.50. The SMILES string of the molecule is Cc1ccc(-n2nc(C)c3c(C(=O)O)cc(C)nc32)cn1. The predicted octanol–water partition coefficient (Wildman–Crippen LogP) is 2.44. The van der Waals surface area contributed by atoms with Crippen LogP contribution in [0, 0.1) is 20.8 Å². The highest BCUT2D eigenvalue weighted by molar-refractivity contribution is 6.03. The molecule has 0 amide bonds. The summed E-state index contributed by atoms with van der Waals surface area (Å²) in [5.41, 5.74) is 3.70. The highest BCUT2D eigenvalue weighted by Gasteiger charge is 2.18. The van der Waals surface area contributed by atoms with E-state index in [1.165, 1.54) is 0 Å². The third-order valence-electron chi connectivity index (χ3n) is 3.31. The molecule has 0 atom stereocenters. The van der Waals surface area contributed by atoms with Crippen LogP contribution in [0.1, 0.15) is 27.4 Å². The van der Waals surface area contributed by atoms with E-state index in [9.17, 15) is 9.90 Å². The molecule has 106 valence electrons. The Hall–Kier alpha value is -2.76. The summed E-state index contributed by atoms with van der Waals surface area (Å²) in [6.45, 7) is 5.46. The maximum absolute atomic E-state index is 11.4. The number of nitrogens with zero attached hydrogens (tertiary/aromatic N) is 4. The quantitative estimate of drug-likeness (QED) is 0.780. The van der Waals surface area contributed by atoms with E-state index in [1.807, 2.05) is 19.1 Å². The number of aromatic nitrogens is 4. The lowest BCUT2D eigenvalue weighted by Gasteiger charge is -2.04. The van der Waals surface area contributed by atoms with Crippen molar-refractivity contribution >= 4 is 17.0 Å². The summed E-state index contributed by atoms with van der Waals surface area (Å²) in [5.74, 6) is -0.977. The second kappa shape index (κ2) is 4.66. The molecule has 0 unspecified atom stereocenters. The first-order chi connectivity index (χ1) is 9.97. The van der Waals surface area contributed by atoms with Crippen LogP contribution in [-0.2, 0) is 0 Å². The first-order valence-corrected chi connectivity index (χ1v) is 6.50. The molecule has 0 saturated carbocycles. The smallest absolute Gasteiger partial charge is 0.336 e. The fourth-order valence-electron chi connectivity index (χ4n) is 2.35. The van der Waals surface area contributed by atoms with Gasteiger partial charge in [-0.2, -0.15) is 5.10 Å². The third-order valence-corrected chi connectivity index (χ3v) is 3.31. The van der Waals surface area contributed by atoms with Crippen LogP contribution in [0.5, 0.6) is 0 Å². The van der Waals surface area contributed by atoms with Gasteiger partial charge in [0, 0.05) is 11.4 Å². The average molecular weight is 282 g/mol. The van der Waals surface area contributed by atoms with Crippen LogP contribution >= 0.6 is 0 Å². The molecular formula is C15H14N4O2. The number of aryl methyl sites for hydroxylation is 3. The first kappa shape index (κ1) is 13.2. The van der Waals surface area contributed by atoms with Crippen molar-refractivity contribution in [3.05, 3.63) is 47.0 Å². The summed E-state index contributed by atoms with van der Waals surface area (Å²) in [6, 6.07) is 5.34. The molecule has 0 aliphatic rings. The van der Waals surface area contributed by atoms with Crippen LogP contribution in [0.15, 0.2) is 24.4 Å². The molecule has 0 aliphatic carbocycles. The summed E-state index contributed by atoms with van der Waals surface area (Å²) in [4.78, 5) is 20.1. The van der Waals surface area contributed by atoms with Crippen molar-refractivity contribution in [3.63, 3.8) is 0 Å². The second-order valence-corrected chi connectivity index (χ2v) is 4.97. The Kier molecular flexibility index (Phi) is 2.94. The van der Waals surface area contributed by atoms with Crippen LogP contribution in [-0.4, -0.2) is 30.8 Å². The monoisotopic (exact) mass is 282 g/mol. The van der Waals surface area contributed by atoms with Gasteiger partial charge in [-0.05, 0) is 39.0 Å². The van der Waals surface area contributed by atoms with E-state index in [0.29, 0.717) is 22.4 Å². The van der Waals surface area contributed by atoms with Crippen LogP contribution in [0.25, 0.3) is 16.7 Å². The van der Waals surface area contributed by atoms with E-state index >= 15 is 0 Å². The van der Waals surface area contributed by atoms with Crippen molar-refractivity contribution < 1.29 is 9.90 Å². The van der Waals surface area contributed by atoms with Gasteiger partial charge in [0.05, 0.1) is 28.5 Å². The van der Waals surface area contributed by atoms with Crippen molar-refractivity contribution in [2.75, 3.05) is 0 Å². The number of fused-ring (bicyclic) bond motifs is 1. The molecule has 0 saturated heterocycles. The topological polar surface area (TPSA) is 80.9 Å². The zero-order valence-corrected chi connectivity index (χ0v) is 12.0. The standard InChI is InChI=1S/C15H14N4O2/c1-8-4-5-11(7-16-8)19-14-13(10(3)18-19)12(15(20)21)6-9(2)17-14/h4-7H,1-3H3,(H,20,21). The fraction of sp³-hybridized carbons (Fsp3) is 0.200. The Labute approximate surface area is 121 Å². The summed E-state index contributed by atoms with van der Waals surface area (Å²) in [5, 5.41) is 14.4. The van der Waals surface area contributed by atoms with Crippen LogP contribution in [0.4, 0.5) is 0 Å². The van der Waals surface area contributed by atoms with Gasteiger partial charge in [-0.3, -0.25) is 4.98 Å². The van der Waals surface area contributed by atoms with Crippen LogP contribution in [0.2, 0.25) is 0 Å². The van der Waals surface area contributed by atoms with E-state index < -0.39 is 5.97 Å². The lowest BCUT2D eigenvalue weighted by atomic mass is 10.1. The number of carboxylic acid groups (broad SMARTS) is 1. The molecule has 0 spiro atoms. The Bertz CT molecular complexity index is 850. The molecule has 0 bridgehead atoms. The van der Waals surface area contributed by atoms with Gasteiger partial charge >= 0.3 is 5.97 Å². The summed E-state index contributed by atoms with van der Waals surface area (Å²) < 4.78 is 1.64. The number of carboxylic acids is 1. The minimum atomic E-state index is -0.977. The van der Waals surface area contributed by atoms with Gasteiger partial charge in [-0.1, -0.05) is 0 Å². The summed E-state index contributed by atoms with van der Waals surface area (Å²) >= 11 is 0. The molecule has 0 radical (unpaired) electrons. The summed E-state index contributed by atoms with van der Waals surface area (Å²) in [6.07, 6.45) is 1.70. The third kappa shape index (κ3) is 2.14. The highest BCUT2D eigenvalue weighted by atomic mass is 16.4. The molecule has 1 N–H and O–H groups in total. The summed E-state index contributed by atoms with van der Waals surface area (Å²) in [7, 11) is 0. The number of rotatable bonds is 2. The molecule has 0 aromatic carbocycles. The van der Waals surface area contributed by atoms with Crippen molar-refractivity contribution in [1.82, 2.24) is 19.7 Å². The van der Waals surface area contributed by atoms with Gasteiger partial charge in [0.1, 0.15) is 0 Å². The number of hydrogen-bond acceptors (Lipinski definition) is 4. The highest BCUT2D eigenvalue weighted by Crippen LogP contribution is 2.24. The van der Waals surface area contributed by atoms with Crippen molar-refractivity contribution in [3.8, 4) is 5.69 Å². The Morgan fingerprint density at radius 1 is 1.19 bits per heavy atom. The van der Waals surface area contributed by atoms with Crippen molar-refractivity contribution in [1.29, 1.82) is 0 Å². The van der Waals surface area contributed by atoms with Gasteiger partial charge in [0.2, 0.25) is 0 Å². The van der Waals surface area contributed by atoms with E-state index in [0.717, 1.165) is 11.4 Å². The van der Waals surface area contributed by atoms with Gasteiger partial charge < -0.3 is 5.11 Å². The predicted molar refractivity (Wildman–Crippen MR) is 77.8 cm³/mol. The lowest BCUT2D eigenvalue weighted by Crippen LogP contribution is -2.02. The maximum atomic E-state index is 11.4. The molecule has 6 heteroatoms. The molecule has 3 heterocycles. The Balaban J connectivity index is 2.35. The lowest BCUT2D eigenvalue weighted by molar-refractivity contribution is 0.0698. The van der Waals surface area contributed by atoms with E-state index in [2.05, 4.69) is 15.1 Å². The van der Waals surface area contributed by atoms with Crippen LogP contribution in [0.3, 0.4) is 0 Å². The molecule has 0 fully saturated rings. The van der Waals surface area contributed by atoms with Gasteiger partial charge in [0.25, 0.3) is 0 Å². The largest absolute Gasteiger partial charge is 0.478 e. The molecule has 6 nitrogen and oxygen atoms in total. The number of pyridine rings is 2. The number of aromatic carboxylic acids is 1. The number of carbonyl (C=O) groups is 1. The Morgan fingerprint density at radius 2 is 1.95 bits per heavy atom. The minimum absolute atomic E-state index is 0.223. The number of hydrogen-bond donors (Lipinski definition) is 1. The van der Waals surface area contributed by atoms with E-state index in [1.54, 1.807) is 30.8 Å². The zero-order valence-electron chi connectivity index (χ0n) is 12.0. The molecule has 0 aliphatic heterocycles.